The van der Waals surface area contributed by atoms with Gasteiger partial charge in [0.2, 0.25) is 0 Å². The molecule has 0 amide bonds. The van der Waals surface area contributed by atoms with Gasteiger partial charge in [0.15, 0.2) is 0 Å². The van der Waals surface area contributed by atoms with E-state index in [4.69, 9.17) is 0 Å². The lowest BCUT2D eigenvalue weighted by molar-refractivity contribution is 0.223. The van der Waals surface area contributed by atoms with Crippen molar-refractivity contribution in [1.82, 2.24) is 0 Å². The lowest BCUT2D eigenvalue weighted by atomic mass is 9.73. The molecule has 1 aromatic carbocycles. The summed E-state index contributed by atoms with van der Waals surface area (Å²) in [6.07, 6.45) is 11.2. The van der Waals surface area contributed by atoms with E-state index in [0.29, 0.717) is 5.92 Å². The minimum absolute atomic E-state index is 0.208. The molecule has 2 rings (SSSR count). The first-order chi connectivity index (χ1) is 10.8. The quantitative estimate of drug-likeness (QED) is 0.612. The zero-order valence-electron chi connectivity index (χ0n) is 14.4. The Kier molecular flexibility index (Phi) is 6.97. The van der Waals surface area contributed by atoms with E-state index in [2.05, 4.69) is 44.2 Å². The van der Waals surface area contributed by atoms with E-state index in [1.165, 1.54) is 56.1 Å². The van der Waals surface area contributed by atoms with Gasteiger partial charge >= 0.3 is 0 Å². The minimum atomic E-state index is 0.208. The van der Waals surface area contributed by atoms with E-state index in [1.807, 2.05) is 0 Å². The SMILES string of the molecule is CCCc1ccc(CC(C#N)C2CCC(CCC)CC2)cc1. The summed E-state index contributed by atoms with van der Waals surface area (Å²) in [7, 11) is 0. The molecule has 22 heavy (non-hydrogen) atoms. The third-order valence-electron chi connectivity index (χ3n) is 5.34. The third kappa shape index (κ3) is 4.87. The fourth-order valence-corrected chi connectivity index (χ4v) is 3.99. The first kappa shape index (κ1) is 17.1. The van der Waals surface area contributed by atoms with Gasteiger partial charge in [-0.2, -0.15) is 5.26 Å². The summed E-state index contributed by atoms with van der Waals surface area (Å²) in [5.41, 5.74) is 2.75. The van der Waals surface area contributed by atoms with Crippen LogP contribution in [0.1, 0.15) is 69.9 Å². The number of hydrogen-bond donors (Lipinski definition) is 0. The summed E-state index contributed by atoms with van der Waals surface area (Å²) in [4.78, 5) is 0. The van der Waals surface area contributed by atoms with Gasteiger partial charge in [0.1, 0.15) is 0 Å². The molecule has 0 radical (unpaired) electrons. The first-order valence-corrected chi connectivity index (χ1v) is 9.24. The number of hydrogen-bond acceptors (Lipinski definition) is 1. The monoisotopic (exact) mass is 297 g/mol. The maximum Gasteiger partial charge on any atom is 0.0662 e. The van der Waals surface area contributed by atoms with Crippen LogP contribution in [-0.2, 0) is 12.8 Å². The van der Waals surface area contributed by atoms with Crippen LogP contribution in [0.15, 0.2) is 24.3 Å². The predicted octanol–water partition coefficient (Wildman–Crippen LogP) is 5.93. The fourth-order valence-electron chi connectivity index (χ4n) is 3.99. The Labute approximate surface area is 136 Å². The Morgan fingerprint density at radius 2 is 1.64 bits per heavy atom. The molecular formula is C21H31N. The van der Waals surface area contributed by atoms with Crippen molar-refractivity contribution in [1.29, 1.82) is 5.26 Å². The highest BCUT2D eigenvalue weighted by Gasteiger charge is 2.27. The molecule has 1 heteroatoms. The molecule has 120 valence electrons. The molecule has 1 unspecified atom stereocenters. The number of aryl methyl sites for hydroxylation is 1. The highest BCUT2D eigenvalue weighted by molar-refractivity contribution is 5.23. The highest BCUT2D eigenvalue weighted by Crippen LogP contribution is 2.36. The van der Waals surface area contributed by atoms with Crippen LogP contribution in [0.25, 0.3) is 0 Å². The molecule has 0 bridgehead atoms. The molecule has 0 N–H and O–H groups in total. The van der Waals surface area contributed by atoms with Crippen molar-refractivity contribution in [3.05, 3.63) is 35.4 Å². The number of nitriles is 1. The largest absolute Gasteiger partial charge is 0.198 e. The second-order valence-electron chi connectivity index (χ2n) is 7.08. The van der Waals surface area contributed by atoms with E-state index >= 15 is 0 Å². The van der Waals surface area contributed by atoms with Gasteiger partial charge in [0.25, 0.3) is 0 Å². The number of benzene rings is 1. The number of rotatable bonds is 7. The fraction of sp³-hybridized carbons (Fsp3) is 0.667. The van der Waals surface area contributed by atoms with Gasteiger partial charge < -0.3 is 0 Å². The zero-order valence-corrected chi connectivity index (χ0v) is 14.4. The van der Waals surface area contributed by atoms with Crippen molar-refractivity contribution < 1.29 is 0 Å². The Balaban J connectivity index is 1.88. The normalized spacial score (nSPS) is 23.0. The summed E-state index contributed by atoms with van der Waals surface area (Å²) >= 11 is 0. The Morgan fingerprint density at radius 3 is 2.18 bits per heavy atom. The van der Waals surface area contributed by atoms with Gasteiger partial charge in [-0.15, -0.1) is 0 Å². The van der Waals surface area contributed by atoms with E-state index in [1.54, 1.807) is 0 Å². The van der Waals surface area contributed by atoms with E-state index in [9.17, 15) is 5.26 Å². The summed E-state index contributed by atoms with van der Waals surface area (Å²) in [5.74, 6) is 1.75. The van der Waals surface area contributed by atoms with Gasteiger partial charge in [0.05, 0.1) is 12.0 Å². The second-order valence-corrected chi connectivity index (χ2v) is 7.08. The van der Waals surface area contributed by atoms with Crippen LogP contribution in [0, 0.1) is 29.1 Å². The minimum Gasteiger partial charge on any atom is -0.198 e. The molecule has 1 aliphatic rings. The molecule has 1 fully saturated rings. The molecule has 0 spiro atoms. The van der Waals surface area contributed by atoms with Crippen molar-refractivity contribution in [2.75, 3.05) is 0 Å². The highest BCUT2D eigenvalue weighted by atomic mass is 14.4. The third-order valence-corrected chi connectivity index (χ3v) is 5.34. The molecule has 1 nitrogen and oxygen atoms in total. The lowest BCUT2D eigenvalue weighted by Gasteiger charge is -2.31. The van der Waals surface area contributed by atoms with Gasteiger partial charge in [-0.1, -0.05) is 70.2 Å². The van der Waals surface area contributed by atoms with Crippen molar-refractivity contribution in [3.63, 3.8) is 0 Å². The Morgan fingerprint density at radius 1 is 1.00 bits per heavy atom. The molecule has 1 aliphatic carbocycles. The molecule has 0 saturated heterocycles. The van der Waals surface area contributed by atoms with Crippen LogP contribution in [0.2, 0.25) is 0 Å². The Hall–Kier alpha value is -1.29. The molecular weight excluding hydrogens is 266 g/mol. The smallest absolute Gasteiger partial charge is 0.0662 e. The predicted molar refractivity (Wildman–Crippen MR) is 93.6 cm³/mol. The van der Waals surface area contributed by atoms with Crippen LogP contribution in [0.5, 0.6) is 0 Å². The zero-order chi connectivity index (χ0) is 15.8. The second kappa shape index (κ2) is 8.99. The average molecular weight is 297 g/mol. The van der Waals surface area contributed by atoms with Crippen LogP contribution in [-0.4, -0.2) is 0 Å². The molecule has 0 heterocycles. The van der Waals surface area contributed by atoms with Gasteiger partial charge in [0, 0.05) is 0 Å². The average Bonchev–Trinajstić information content (AvgIpc) is 2.56. The molecule has 1 saturated carbocycles. The maximum atomic E-state index is 9.60. The van der Waals surface area contributed by atoms with Crippen LogP contribution < -0.4 is 0 Å². The number of nitrogens with zero attached hydrogens (tertiary/aromatic N) is 1. The van der Waals surface area contributed by atoms with Crippen molar-refractivity contribution in [2.45, 2.75) is 71.6 Å². The van der Waals surface area contributed by atoms with Crippen molar-refractivity contribution in [3.8, 4) is 6.07 Å². The van der Waals surface area contributed by atoms with E-state index in [-0.39, 0.29) is 5.92 Å². The summed E-state index contributed by atoms with van der Waals surface area (Å²) in [6, 6.07) is 11.6. The Bertz CT molecular complexity index is 460. The first-order valence-electron chi connectivity index (χ1n) is 9.24. The van der Waals surface area contributed by atoms with E-state index < -0.39 is 0 Å². The maximum absolute atomic E-state index is 9.60. The molecule has 0 aromatic heterocycles. The lowest BCUT2D eigenvalue weighted by Crippen LogP contribution is -2.22. The van der Waals surface area contributed by atoms with Gasteiger partial charge in [-0.05, 0) is 48.6 Å². The molecule has 0 aliphatic heterocycles. The summed E-state index contributed by atoms with van der Waals surface area (Å²) in [6.45, 7) is 4.50. The van der Waals surface area contributed by atoms with Crippen LogP contribution >= 0.6 is 0 Å². The molecule has 1 aromatic rings. The van der Waals surface area contributed by atoms with Crippen molar-refractivity contribution in [2.24, 2.45) is 17.8 Å². The van der Waals surface area contributed by atoms with Gasteiger partial charge in [-0.3, -0.25) is 0 Å². The van der Waals surface area contributed by atoms with Crippen LogP contribution in [0.3, 0.4) is 0 Å². The summed E-state index contributed by atoms with van der Waals surface area (Å²) < 4.78 is 0. The van der Waals surface area contributed by atoms with Crippen LogP contribution in [0.4, 0.5) is 0 Å². The van der Waals surface area contributed by atoms with E-state index in [0.717, 1.165) is 18.8 Å². The van der Waals surface area contributed by atoms with Crippen molar-refractivity contribution >= 4 is 0 Å². The standard InChI is InChI=1S/C21H31N/c1-3-5-17-7-9-19(10-8-17)15-21(16-22)20-13-11-18(6-4-2)12-14-20/h7-10,18,20-21H,3-6,11-15H2,1-2H3. The topological polar surface area (TPSA) is 23.8 Å². The molecule has 1 atom stereocenters. The summed E-state index contributed by atoms with van der Waals surface area (Å²) in [5, 5.41) is 9.60. The van der Waals surface area contributed by atoms with Gasteiger partial charge in [-0.25, -0.2) is 0 Å².